The van der Waals surface area contributed by atoms with E-state index in [1.165, 1.54) is 19.2 Å². The van der Waals surface area contributed by atoms with Gasteiger partial charge in [-0.15, -0.1) is 0 Å². The van der Waals surface area contributed by atoms with E-state index in [4.69, 9.17) is 9.52 Å². The average molecular weight is 299 g/mol. The summed E-state index contributed by atoms with van der Waals surface area (Å²) < 4.78 is 31.3. The van der Waals surface area contributed by atoms with Gasteiger partial charge in [-0.25, -0.2) is 22.9 Å². The van der Waals surface area contributed by atoms with Crippen molar-refractivity contribution in [2.75, 3.05) is 0 Å². The summed E-state index contributed by atoms with van der Waals surface area (Å²) in [4.78, 5) is 17.3. The Kier molecular flexibility index (Phi) is 3.64. The van der Waals surface area contributed by atoms with Crippen LogP contribution in [0.4, 0.5) is 0 Å². The lowest BCUT2D eigenvalue weighted by Crippen LogP contribution is -2.23. The van der Waals surface area contributed by atoms with E-state index >= 15 is 0 Å². The number of nitrogens with one attached hydrogen (secondary N) is 2. The largest absolute Gasteiger partial charge is 0.478 e. The quantitative estimate of drug-likeness (QED) is 0.749. The van der Waals surface area contributed by atoms with Crippen molar-refractivity contribution >= 4 is 16.0 Å². The molecule has 0 spiro atoms. The number of nitrogens with zero attached hydrogens (tertiary/aromatic N) is 1. The molecule has 0 aliphatic heterocycles. The zero-order valence-corrected chi connectivity index (χ0v) is 11.6. The van der Waals surface area contributed by atoms with Crippen molar-refractivity contribution in [1.29, 1.82) is 0 Å². The lowest BCUT2D eigenvalue weighted by atomic mass is 10.2. The molecule has 8 nitrogen and oxygen atoms in total. The minimum atomic E-state index is -3.74. The lowest BCUT2D eigenvalue weighted by Gasteiger charge is -2.02. The molecule has 0 aromatic carbocycles. The second kappa shape index (κ2) is 5.10. The third-order valence-corrected chi connectivity index (χ3v) is 3.92. The van der Waals surface area contributed by atoms with Gasteiger partial charge in [0.05, 0.1) is 12.7 Å². The molecule has 2 rings (SSSR count). The maximum Gasteiger partial charge on any atom is 0.339 e. The van der Waals surface area contributed by atoms with Crippen molar-refractivity contribution in [3.8, 4) is 0 Å². The van der Waals surface area contributed by atoms with Crippen LogP contribution in [0.1, 0.15) is 27.7 Å². The van der Waals surface area contributed by atoms with Gasteiger partial charge in [0.25, 0.3) is 10.0 Å². The van der Waals surface area contributed by atoms with Gasteiger partial charge in [0.15, 0.2) is 5.03 Å². The van der Waals surface area contributed by atoms with Crippen LogP contribution >= 0.6 is 0 Å². The molecule has 2 aromatic rings. The molecule has 0 bridgehead atoms. The van der Waals surface area contributed by atoms with Crippen molar-refractivity contribution in [2.24, 2.45) is 0 Å². The first-order valence-corrected chi connectivity index (χ1v) is 7.12. The van der Waals surface area contributed by atoms with Gasteiger partial charge in [-0.2, -0.15) is 0 Å². The summed E-state index contributed by atoms with van der Waals surface area (Å²) in [7, 11) is -3.74. The van der Waals surface area contributed by atoms with E-state index in [1.54, 1.807) is 6.92 Å². The van der Waals surface area contributed by atoms with Gasteiger partial charge in [-0.3, -0.25) is 0 Å². The van der Waals surface area contributed by atoms with Crippen molar-refractivity contribution in [1.82, 2.24) is 14.7 Å². The number of imidazole rings is 1. The summed E-state index contributed by atoms with van der Waals surface area (Å²) in [6.45, 7) is 2.99. The average Bonchev–Trinajstić information content (AvgIpc) is 2.93. The number of aromatic amines is 1. The van der Waals surface area contributed by atoms with E-state index in [0.717, 1.165) is 0 Å². The summed E-state index contributed by atoms with van der Waals surface area (Å²) in [6.07, 6.45) is 1.20. The van der Waals surface area contributed by atoms with Crippen LogP contribution < -0.4 is 4.72 Å². The highest BCUT2D eigenvalue weighted by atomic mass is 32.2. The van der Waals surface area contributed by atoms with Crippen LogP contribution in [-0.2, 0) is 16.6 Å². The third-order valence-electron chi connectivity index (χ3n) is 2.60. The Hall–Kier alpha value is -2.13. The van der Waals surface area contributed by atoms with Gasteiger partial charge < -0.3 is 14.5 Å². The number of hydrogen-bond acceptors (Lipinski definition) is 5. The van der Waals surface area contributed by atoms with Gasteiger partial charge >= 0.3 is 5.97 Å². The maximum atomic E-state index is 11.9. The number of hydrogen-bond donors (Lipinski definition) is 3. The number of carboxylic acids is 1. The van der Waals surface area contributed by atoms with Crippen LogP contribution in [0.2, 0.25) is 0 Å². The first kappa shape index (κ1) is 14.3. The predicted octanol–water partition coefficient (Wildman–Crippen LogP) is 0.796. The smallest absolute Gasteiger partial charge is 0.339 e. The Morgan fingerprint density at radius 1 is 1.50 bits per heavy atom. The number of carbonyl (C=O) groups is 1. The van der Waals surface area contributed by atoms with Gasteiger partial charge in [-0.1, -0.05) is 0 Å². The van der Waals surface area contributed by atoms with E-state index < -0.39 is 16.0 Å². The molecule has 2 heterocycles. The molecule has 0 unspecified atom stereocenters. The molecule has 0 radical (unpaired) electrons. The van der Waals surface area contributed by atoms with Crippen molar-refractivity contribution < 1.29 is 22.7 Å². The molecular weight excluding hydrogens is 286 g/mol. The Morgan fingerprint density at radius 3 is 2.70 bits per heavy atom. The van der Waals surface area contributed by atoms with Gasteiger partial charge in [0.1, 0.15) is 22.9 Å². The van der Waals surface area contributed by atoms with Gasteiger partial charge in [0.2, 0.25) is 0 Å². The minimum absolute atomic E-state index is 0.0107. The lowest BCUT2D eigenvalue weighted by molar-refractivity contribution is 0.0695. The Balaban J connectivity index is 2.12. The highest BCUT2D eigenvalue weighted by Crippen LogP contribution is 2.15. The Bertz CT molecular complexity index is 744. The number of furan rings is 1. The second-order valence-corrected chi connectivity index (χ2v) is 5.88. The van der Waals surface area contributed by atoms with Crippen LogP contribution in [0.25, 0.3) is 0 Å². The zero-order valence-electron chi connectivity index (χ0n) is 10.8. The number of sulfonamides is 1. The molecule has 0 amide bonds. The van der Waals surface area contributed by atoms with Gasteiger partial charge in [-0.05, 0) is 19.9 Å². The normalized spacial score (nSPS) is 11.7. The third kappa shape index (κ3) is 2.89. The van der Waals surface area contributed by atoms with E-state index in [0.29, 0.717) is 5.82 Å². The molecule has 3 N–H and O–H groups in total. The summed E-state index contributed by atoms with van der Waals surface area (Å²) in [6, 6.07) is 1.29. The number of aromatic carboxylic acids is 1. The molecule has 0 aliphatic rings. The Labute approximate surface area is 114 Å². The fourth-order valence-corrected chi connectivity index (χ4v) is 2.58. The minimum Gasteiger partial charge on any atom is -0.478 e. The van der Waals surface area contributed by atoms with Crippen molar-refractivity contribution in [3.63, 3.8) is 0 Å². The number of rotatable bonds is 5. The number of H-pyrrole nitrogens is 1. The summed E-state index contributed by atoms with van der Waals surface area (Å²) in [5, 5.41) is 8.82. The topological polar surface area (TPSA) is 125 Å². The molecule has 108 valence electrons. The monoisotopic (exact) mass is 299 g/mol. The van der Waals surface area contributed by atoms with E-state index in [1.807, 2.05) is 0 Å². The highest BCUT2D eigenvalue weighted by molar-refractivity contribution is 7.89. The SMILES string of the molecule is Cc1ncc(S(=O)(=O)NCc2cc(C(=O)O)c(C)o2)[nH]1. The fourth-order valence-electron chi connectivity index (χ4n) is 1.62. The van der Waals surface area contributed by atoms with Crippen LogP contribution in [-0.4, -0.2) is 29.5 Å². The Morgan fingerprint density at radius 2 is 2.20 bits per heavy atom. The summed E-state index contributed by atoms with van der Waals surface area (Å²) in [5.41, 5.74) is 0.0107. The van der Waals surface area contributed by atoms with Gasteiger partial charge in [0, 0.05) is 0 Å². The molecule has 0 atom stereocenters. The zero-order chi connectivity index (χ0) is 14.9. The van der Waals surface area contributed by atoms with Crippen LogP contribution in [0.3, 0.4) is 0 Å². The molecular formula is C11H13N3O5S. The molecule has 0 saturated heterocycles. The molecule has 2 aromatic heterocycles. The predicted molar refractivity (Wildman–Crippen MR) is 67.8 cm³/mol. The summed E-state index contributed by atoms with van der Waals surface area (Å²) >= 11 is 0. The molecule has 20 heavy (non-hydrogen) atoms. The number of aromatic nitrogens is 2. The van der Waals surface area contributed by atoms with E-state index in [2.05, 4.69) is 14.7 Å². The van der Waals surface area contributed by atoms with Crippen LogP contribution in [0, 0.1) is 13.8 Å². The van der Waals surface area contributed by atoms with Crippen molar-refractivity contribution in [3.05, 3.63) is 35.2 Å². The first-order chi connectivity index (χ1) is 9.29. The van der Waals surface area contributed by atoms with E-state index in [-0.39, 0.29) is 28.7 Å². The molecule has 0 fully saturated rings. The van der Waals surface area contributed by atoms with E-state index in [9.17, 15) is 13.2 Å². The number of aryl methyl sites for hydroxylation is 2. The second-order valence-electron chi connectivity index (χ2n) is 4.15. The fraction of sp³-hybridized carbons (Fsp3) is 0.273. The van der Waals surface area contributed by atoms with Crippen LogP contribution in [0.5, 0.6) is 0 Å². The maximum absolute atomic E-state index is 11.9. The number of carboxylic acid groups (broad SMARTS) is 1. The first-order valence-electron chi connectivity index (χ1n) is 5.63. The molecule has 0 saturated carbocycles. The van der Waals surface area contributed by atoms with Crippen molar-refractivity contribution in [2.45, 2.75) is 25.4 Å². The standard InChI is InChI=1S/C11H13N3O5S/c1-6-9(11(15)16)3-8(19-6)4-13-20(17,18)10-5-12-7(2)14-10/h3,5,13H,4H2,1-2H3,(H,12,14)(H,15,16). The van der Waals surface area contributed by atoms with Crippen LogP contribution in [0.15, 0.2) is 21.7 Å². The molecule has 0 aliphatic carbocycles. The molecule has 9 heteroatoms. The highest BCUT2D eigenvalue weighted by Gasteiger charge is 2.19. The summed E-state index contributed by atoms with van der Waals surface area (Å²) in [5.74, 6) is -0.194.